The van der Waals surface area contributed by atoms with E-state index in [0.29, 0.717) is 12.4 Å². The molecule has 2 aromatic heterocycles. The Hall–Kier alpha value is -1.36. The van der Waals surface area contributed by atoms with E-state index in [-0.39, 0.29) is 0 Å². The summed E-state index contributed by atoms with van der Waals surface area (Å²) in [5, 5.41) is 4.13. The maximum Gasteiger partial charge on any atom is 0.136 e. The predicted octanol–water partition coefficient (Wildman–Crippen LogP) is 1.67. The molecule has 4 nitrogen and oxygen atoms in total. The first-order valence-electron chi connectivity index (χ1n) is 4.13. The minimum absolute atomic E-state index is 0.633. The molecule has 0 amide bonds. The molecule has 14 heavy (non-hydrogen) atoms. The van der Waals surface area contributed by atoms with Crippen molar-refractivity contribution in [2.45, 2.75) is 6.54 Å². The van der Waals surface area contributed by atoms with Crippen LogP contribution in [0, 0.1) is 0 Å². The summed E-state index contributed by atoms with van der Waals surface area (Å²) in [4.78, 5) is 4.02. The number of aromatic nitrogens is 3. The van der Waals surface area contributed by atoms with Crippen LogP contribution in [-0.4, -0.2) is 14.8 Å². The second kappa shape index (κ2) is 3.79. The van der Waals surface area contributed by atoms with Crippen molar-refractivity contribution in [3.8, 4) is 0 Å². The Labute approximate surface area is 89.9 Å². The molecule has 2 aromatic rings. The number of nitrogen functional groups attached to an aromatic ring is 1. The summed E-state index contributed by atoms with van der Waals surface area (Å²) >= 11 is 3.31. The number of rotatable bonds is 2. The normalized spacial score (nSPS) is 10.4. The average Bonchev–Trinajstić information content (AvgIpc) is 2.52. The molecular weight excluding hydrogens is 244 g/mol. The molecule has 0 fully saturated rings. The number of hydrogen-bond acceptors (Lipinski definition) is 3. The van der Waals surface area contributed by atoms with Crippen LogP contribution in [0.4, 0.5) is 5.82 Å². The fraction of sp³-hybridized carbons (Fsp3) is 0.111. The molecule has 0 aliphatic carbocycles. The van der Waals surface area contributed by atoms with E-state index in [1.54, 1.807) is 23.3 Å². The molecule has 0 aliphatic heterocycles. The first-order chi connectivity index (χ1) is 6.77. The van der Waals surface area contributed by atoms with Crippen molar-refractivity contribution < 1.29 is 0 Å². The fourth-order valence-corrected chi connectivity index (χ4v) is 1.46. The van der Waals surface area contributed by atoms with Gasteiger partial charge in [-0.05, 0) is 27.6 Å². The van der Waals surface area contributed by atoms with Crippen molar-refractivity contribution >= 4 is 21.7 Å². The van der Waals surface area contributed by atoms with Gasteiger partial charge in [0.1, 0.15) is 5.82 Å². The molecule has 0 aliphatic rings. The standard InChI is InChI=1S/C9H9BrN4/c10-8-5-13-14(9(8)11)6-7-2-1-3-12-4-7/h1-5H,6,11H2. The van der Waals surface area contributed by atoms with Crippen LogP contribution in [0.1, 0.15) is 5.56 Å². The molecule has 0 saturated carbocycles. The highest BCUT2D eigenvalue weighted by molar-refractivity contribution is 9.10. The highest BCUT2D eigenvalue weighted by Gasteiger charge is 2.04. The number of hydrogen-bond donors (Lipinski definition) is 1. The molecule has 2 heterocycles. The van der Waals surface area contributed by atoms with Crippen LogP contribution < -0.4 is 5.73 Å². The van der Waals surface area contributed by atoms with Crippen molar-refractivity contribution in [2.24, 2.45) is 0 Å². The maximum atomic E-state index is 5.78. The van der Waals surface area contributed by atoms with Gasteiger partial charge in [-0.3, -0.25) is 4.98 Å². The van der Waals surface area contributed by atoms with Crippen molar-refractivity contribution in [3.63, 3.8) is 0 Å². The highest BCUT2D eigenvalue weighted by atomic mass is 79.9. The molecule has 0 radical (unpaired) electrons. The van der Waals surface area contributed by atoms with Gasteiger partial charge in [-0.15, -0.1) is 0 Å². The molecule has 0 saturated heterocycles. The van der Waals surface area contributed by atoms with Crippen molar-refractivity contribution in [1.29, 1.82) is 0 Å². The quantitative estimate of drug-likeness (QED) is 0.885. The second-order valence-electron chi connectivity index (χ2n) is 2.90. The van der Waals surface area contributed by atoms with E-state index >= 15 is 0 Å². The van der Waals surface area contributed by atoms with Gasteiger partial charge in [-0.1, -0.05) is 6.07 Å². The van der Waals surface area contributed by atoms with Crippen LogP contribution in [0.25, 0.3) is 0 Å². The lowest BCUT2D eigenvalue weighted by Crippen LogP contribution is -2.05. The molecule has 2 N–H and O–H groups in total. The average molecular weight is 253 g/mol. The zero-order valence-corrected chi connectivity index (χ0v) is 8.98. The summed E-state index contributed by atoms with van der Waals surface area (Å²) in [6, 6.07) is 3.88. The van der Waals surface area contributed by atoms with E-state index in [2.05, 4.69) is 26.0 Å². The van der Waals surface area contributed by atoms with E-state index in [1.165, 1.54) is 0 Å². The second-order valence-corrected chi connectivity index (χ2v) is 3.75. The monoisotopic (exact) mass is 252 g/mol. The van der Waals surface area contributed by atoms with Crippen molar-refractivity contribution in [3.05, 3.63) is 40.8 Å². The molecule has 0 aromatic carbocycles. The Morgan fingerprint density at radius 3 is 2.86 bits per heavy atom. The van der Waals surface area contributed by atoms with Crippen LogP contribution in [0.15, 0.2) is 35.2 Å². The summed E-state index contributed by atoms with van der Waals surface area (Å²) in [6.07, 6.45) is 5.23. The van der Waals surface area contributed by atoms with Gasteiger partial charge in [0.05, 0.1) is 17.2 Å². The van der Waals surface area contributed by atoms with Crippen molar-refractivity contribution in [2.75, 3.05) is 5.73 Å². The summed E-state index contributed by atoms with van der Waals surface area (Å²) in [6.45, 7) is 0.644. The fourth-order valence-electron chi connectivity index (χ4n) is 1.16. The van der Waals surface area contributed by atoms with Crippen LogP contribution in [-0.2, 0) is 6.54 Å². The Kier molecular flexibility index (Phi) is 2.49. The van der Waals surface area contributed by atoms with Crippen LogP contribution in [0.5, 0.6) is 0 Å². The molecule has 2 rings (SSSR count). The lowest BCUT2D eigenvalue weighted by molar-refractivity contribution is 0.695. The third-order valence-electron chi connectivity index (χ3n) is 1.89. The van der Waals surface area contributed by atoms with Gasteiger partial charge in [0.2, 0.25) is 0 Å². The largest absolute Gasteiger partial charge is 0.383 e. The lowest BCUT2D eigenvalue weighted by Gasteiger charge is -2.03. The third-order valence-corrected chi connectivity index (χ3v) is 2.50. The molecule has 0 spiro atoms. The smallest absolute Gasteiger partial charge is 0.136 e. The number of nitrogens with zero attached hydrogens (tertiary/aromatic N) is 3. The minimum atomic E-state index is 0.633. The van der Waals surface area contributed by atoms with E-state index in [9.17, 15) is 0 Å². The Morgan fingerprint density at radius 1 is 1.43 bits per heavy atom. The van der Waals surface area contributed by atoms with Crippen molar-refractivity contribution in [1.82, 2.24) is 14.8 Å². The maximum absolute atomic E-state index is 5.78. The summed E-state index contributed by atoms with van der Waals surface area (Å²) in [5.41, 5.74) is 6.86. The van der Waals surface area contributed by atoms with E-state index in [1.807, 2.05) is 12.1 Å². The first-order valence-corrected chi connectivity index (χ1v) is 4.92. The Morgan fingerprint density at radius 2 is 2.29 bits per heavy atom. The number of halogens is 1. The number of anilines is 1. The zero-order chi connectivity index (χ0) is 9.97. The molecule has 0 atom stereocenters. The molecule has 5 heteroatoms. The van der Waals surface area contributed by atoms with Gasteiger partial charge >= 0.3 is 0 Å². The first kappa shape index (κ1) is 9.21. The number of pyridine rings is 1. The lowest BCUT2D eigenvalue weighted by atomic mass is 10.3. The van der Waals surface area contributed by atoms with E-state index in [4.69, 9.17) is 5.73 Å². The van der Waals surface area contributed by atoms with E-state index in [0.717, 1.165) is 10.0 Å². The van der Waals surface area contributed by atoms with Gasteiger partial charge in [0.25, 0.3) is 0 Å². The topological polar surface area (TPSA) is 56.7 Å². The zero-order valence-electron chi connectivity index (χ0n) is 7.39. The van der Waals surface area contributed by atoms with Gasteiger partial charge < -0.3 is 5.73 Å². The summed E-state index contributed by atoms with van der Waals surface area (Å²) in [7, 11) is 0. The number of nitrogens with two attached hydrogens (primary N) is 1. The Balaban J connectivity index is 2.23. The van der Waals surface area contributed by atoms with Crippen LogP contribution in [0.2, 0.25) is 0 Å². The third kappa shape index (κ3) is 1.77. The van der Waals surface area contributed by atoms with E-state index < -0.39 is 0 Å². The highest BCUT2D eigenvalue weighted by Crippen LogP contribution is 2.18. The van der Waals surface area contributed by atoms with Crippen LogP contribution in [0.3, 0.4) is 0 Å². The SMILES string of the molecule is Nc1c(Br)cnn1Cc1cccnc1. The molecule has 72 valence electrons. The molecular formula is C9H9BrN4. The van der Waals surface area contributed by atoms with Gasteiger partial charge in [-0.25, -0.2) is 4.68 Å². The summed E-state index contributed by atoms with van der Waals surface area (Å²) < 4.78 is 2.54. The van der Waals surface area contributed by atoms with Gasteiger partial charge in [-0.2, -0.15) is 5.10 Å². The summed E-state index contributed by atoms with van der Waals surface area (Å²) in [5.74, 6) is 0.633. The minimum Gasteiger partial charge on any atom is -0.383 e. The Bertz CT molecular complexity index is 424. The molecule has 0 unspecified atom stereocenters. The molecule has 0 bridgehead atoms. The van der Waals surface area contributed by atoms with Gasteiger partial charge in [0, 0.05) is 12.4 Å². The predicted molar refractivity (Wildman–Crippen MR) is 57.7 cm³/mol. The van der Waals surface area contributed by atoms with Gasteiger partial charge in [0.15, 0.2) is 0 Å². The van der Waals surface area contributed by atoms with Crippen LogP contribution >= 0.6 is 15.9 Å².